The number of fused-ring (bicyclic) bond motifs is 1. The summed E-state index contributed by atoms with van der Waals surface area (Å²) in [6.45, 7) is 5.09. The summed E-state index contributed by atoms with van der Waals surface area (Å²) in [6.07, 6.45) is 3.20. The third kappa shape index (κ3) is 2.71. The summed E-state index contributed by atoms with van der Waals surface area (Å²) in [6, 6.07) is 6.64. The number of likely N-dealkylation sites (tertiary alicyclic amines) is 1. The SMILES string of the molecule is Cc1occc1C(=O)N1CCC(n2c(C)nc3ccc(F)cc32)CC1. The summed E-state index contributed by atoms with van der Waals surface area (Å²) in [5.74, 6) is 1.30. The molecule has 3 heterocycles. The first-order valence-corrected chi connectivity index (χ1v) is 8.52. The molecule has 0 unspecified atom stereocenters. The number of furan rings is 1. The molecule has 1 aliphatic heterocycles. The highest BCUT2D eigenvalue weighted by molar-refractivity contribution is 5.95. The Bertz CT molecular complexity index is 935. The van der Waals surface area contributed by atoms with Gasteiger partial charge in [0.15, 0.2) is 0 Å². The fraction of sp³-hybridized carbons (Fsp3) is 0.368. The van der Waals surface area contributed by atoms with Crippen LogP contribution in [-0.2, 0) is 0 Å². The predicted molar refractivity (Wildman–Crippen MR) is 92.0 cm³/mol. The smallest absolute Gasteiger partial charge is 0.257 e. The molecule has 0 saturated carbocycles. The number of hydrogen-bond donors (Lipinski definition) is 0. The first kappa shape index (κ1) is 15.9. The molecule has 0 bridgehead atoms. The Labute approximate surface area is 145 Å². The van der Waals surface area contributed by atoms with E-state index in [4.69, 9.17) is 4.42 Å². The van der Waals surface area contributed by atoms with E-state index in [0.717, 1.165) is 29.7 Å². The first-order chi connectivity index (χ1) is 12.0. The standard InChI is InChI=1S/C19H20FN3O2/c1-12-16(7-10-25-12)19(24)22-8-5-15(6-9-22)23-13(2)21-17-4-3-14(20)11-18(17)23/h3-4,7,10-11,15H,5-6,8-9H2,1-2H3. The molecule has 0 atom stereocenters. The van der Waals surface area contributed by atoms with Gasteiger partial charge in [-0.25, -0.2) is 9.37 Å². The van der Waals surface area contributed by atoms with Gasteiger partial charge in [-0.15, -0.1) is 0 Å². The largest absolute Gasteiger partial charge is 0.469 e. The van der Waals surface area contributed by atoms with Crippen molar-refractivity contribution >= 4 is 16.9 Å². The van der Waals surface area contributed by atoms with E-state index >= 15 is 0 Å². The Morgan fingerprint density at radius 2 is 2.00 bits per heavy atom. The summed E-state index contributed by atoms with van der Waals surface area (Å²) in [5, 5.41) is 0. The molecule has 2 aromatic heterocycles. The number of rotatable bonds is 2. The summed E-state index contributed by atoms with van der Waals surface area (Å²) in [4.78, 5) is 19.0. The molecular weight excluding hydrogens is 321 g/mol. The number of benzene rings is 1. The Balaban J connectivity index is 1.55. The van der Waals surface area contributed by atoms with Gasteiger partial charge >= 0.3 is 0 Å². The lowest BCUT2D eigenvalue weighted by molar-refractivity contribution is 0.0693. The maximum Gasteiger partial charge on any atom is 0.257 e. The molecule has 1 amide bonds. The van der Waals surface area contributed by atoms with Crippen LogP contribution in [0.15, 0.2) is 34.9 Å². The molecule has 1 fully saturated rings. The van der Waals surface area contributed by atoms with Crippen LogP contribution in [0.3, 0.4) is 0 Å². The van der Waals surface area contributed by atoms with Gasteiger partial charge in [0.2, 0.25) is 0 Å². The van der Waals surface area contributed by atoms with Crippen LogP contribution in [0.2, 0.25) is 0 Å². The molecule has 25 heavy (non-hydrogen) atoms. The van der Waals surface area contributed by atoms with Crippen molar-refractivity contribution in [3.63, 3.8) is 0 Å². The second-order valence-electron chi connectivity index (χ2n) is 6.58. The van der Waals surface area contributed by atoms with Crippen LogP contribution < -0.4 is 0 Å². The minimum absolute atomic E-state index is 0.0166. The zero-order valence-corrected chi connectivity index (χ0v) is 14.3. The Morgan fingerprint density at radius 3 is 2.68 bits per heavy atom. The van der Waals surface area contributed by atoms with Gasteiger partial charge in [-0.1, -0.05) is 0 Å². The molecular formula is C19H20FN3O2. The van der Waals surface area contributed by atoms with Crippen molar-refractivity contribution in [2.45, 2.75) is 32.7 Å². The summed E-state index contributed by atoms with van der Waals surface area (Å²) < 4.78 is 21.0. The van der Waals surface area contributed by atoms with Crippen LogP contribution in [0.4, 0.5) is 4.39 Å². The van der Waals surface area contributed by atoms with Crippen molar-refractivity contribution in [1.29, 1.82) is 0 Å². The third-order valence-corrected chi connectivity index (χ3v) is 5.03. The molecule has 3 aromatic rings. The molecule has 1 aromatic carbocycles. The minimum atomic E-state index is -0.253. The number of halogens is 1. The average molecular weight is 341 g/mol. The lowest BCUT2D eigenvalue weighted by Crippen LogP contribution is -2.39. The Kier molecular flexibility index (Phi) is 3.82. The quantitative estimate of drug-likeness (QED) is 0.711. The highest BCUT2D eigenvalue weighted by Crippen LogP contribution is 2.29. The number of hydrogen-bond acceptors (Lipinski definition) is 3. The number of piperidine rings is 1. The summed E-state index contributed by atoms with van der Waals surface area (Å²) >= 11 is 0. The van der Waals surface area contributed by atoms with Crippen LogP contribution in [0.5, 0.6) is 0 Å². The van der Waals surface area contributed by atoms with E-state index in [1.165, 1.54) is 6.07 Å². The minimum Gasteiger partial charge on any atom is -0.469 e. The molecule has 1 aliphatic rings. The van der Waals surface area contributed by atoms with Gasteiger partial charge in [-0.2, -0.15) is 0 Å². The van der Waals surface area contributed by atoms with Crippen LogP contribution in [0.1, 0.15) is 40.8 Å². The maximum absolute atomic E-state index is 13.7. The van der Waals surface area contributed by atoms with Gasteiger partial charge in [0.05, 0.1) is 22.9 Å². The number of nitrogens with zero attached hydrogens (tertiary/aromatic N) is 3. The van der Waals surface area contributed by atoms with E-state index in [9.17, 15) is 9.18 Å². The van der Waals surface area contributed by atoms with Crippen molar-refractivity contribution in [2.75, 3.05) is 13.1 Å². The van der Waals surface area contributed by atoms with Crippen molar-refractivity contribution in [3.05, 3.63) is 53.5 Å². The second-order valence-corrected chi connectivity index (χ2v) is 6.58. The van der Waals surface area contributed by atoms with E-state index in [2.05, 4.69) is 9.55 Å². The molecule has 1 saturated heterocycles. The maximum atomic E-state index is 13.7. The highest BCUT2D eigenvalue weighted by atomic mass is 19.1. The van der Waals surface area contributed by atoms with E-state index in [-0.39, 0.29) is 17.8 Å². The van der Waals surface area contributed by atoms with Gasteiger partial charge < -0.3 is 13.9 Å². The molecule has 4 rings (SSSR count). The summed E-state index contributed by atoms with van der Waals surface area (Å²) in [7, 11) is 0. The lowest BCUT2D eigenvalue weighted by atomic mass is 10.0. The van der Waals surface area contributed by atoms with E-state index < -0.39 is 0 Å². The number of imidazole rings is 1. The number of carbonyl (C=O) groups excluding carboxylic acids is 1. The third-order valence-electron chi connectivity index (χ3n) is 5.03. The van der Waals surface area contributed by atoms with E-state index in [0.29, 0.717) is 24.4 Å². The molecule has 0 N–H and O–H groups in total. The van der Waals surface area contributed by atoms with Gasteiger partial charge in [-0.05, 0) is 51.0 Å². The fourth-order valence-electron chi connectivity index (χ4n) is 3.75. The average Bonchev–Trinajstić information content (AvgIpc) is 3.16. The monoisotopic (exact) mass is 341 g/mol. The molecule has 5 nitrogen and oxygen atoms in total. The molecule has 0 radical (unpaired) electrons. The van der Waals surface area contributed by atoms with Gasteiger partial charge in [-0.3, -0.25) is 4.79 Å². The second kappa shape index (κ2) is 6.02. The van der Waals surface area contributed by atoms with Crippen molar-refractivity contribution in [2.24, 2.45) is 0 Å². The normalized spacial score (nSPS) is 15.9. The zero-order chi connectivity index (χ0) is 17.6. The first-order valence-electron chi connectivity index (χ1n) is 8.52. The topological polar surface area (TPSA) is 51.3 Å². The fourth-order valence-corrected chi connectivity index (χ4v) is 3.75. The van der Waals surface area contributed by atoms with Crippen molar-refractivity contribution in [1.82, 2.24) is 14.5 Å². The lowest BCUT2D eigenvalue weighted by Gasteiger charge is -2.33. The van der Waals surface area contributed by atoms with E-state index in [1.807, 2.05) is 11.8 Å². The number of amides is 1. The van der Waals surface area contributed by atoms with Gasteiger partial charge in [0.1, 0.15) is 17.4 Å². The Morgan fingerprint density at radius 1 is 1.24 bits per heavy atom. The number of aromatic nitrogens is 2. The predicted octanol–water partition coefficient (Wildman–Crippen LogP) is 3.86. The van der Waals surface area contributed by atoms with Gasteiger partial charge in [0, 0.05) is 19.1 Å². The van der Waals surface area contributed by atoms with Crippen LogP contribution in [-0.4, -0.2) is 33.4 Å². The number of carbonyl (C=O) groups is 1. The van der Waals surface area contributed by atoms with Crippen molar-refractivity contribution in [3.8, 4) is 0 Å². The Hall–Kier alpha value is -2.63. The zero-order valence-electron chi connectivity index (χ0n) is 14.3. The molecule has 130 valence electrons. The molecule has 6 heteroatoms. The van der Waals surface area contributed by atoms with Crippen molar-refractivity contribution < 1.29 is 13.6 Å². The summed E-state index contributed by atoms with van der Waals surface area (Å²) in [5.41, 5.74) is 2.27. The molecule has 0 aliphatic carbocycles. The van der Waals surface area contributed by atoms with Crippen LogP contribution in [0, 0.1) is 19.7 Å². The highest BCUT2D eigenvalue weighted by Gasteiger charge is 2.27. The van der Waals surface area contributed by atoms with Crippen LogP contribution >= 0.6 is 0 Å². The van der Waals surface area contributed by atoms with Gasteiger partial charge in [0.25, 0.3) is 5.91 Å². The number of aryl methyl sites for hydroxylation is 2. The molecule has 0 spiro atoms. The van der Waals surface area contributed by atoms with Crippen LogP contribution in [0.25, 0.3) is 11.0 Å². The van der Waals surface area contributed by atoms with E-state index in [1.54, 1.807) is 31.4 Å².